The Morgan fingerprint density at radius 3 is 2.42 bits per heavy atom. The van der Waals surface area contributed by atoms with Crippen LogP contribution >= 0.6 is 0 Å². The standard InChI is InChI=1S/C14H27NO4/c1-13(2,3)19-12(16)9-11-8-10(6-7-15)17-14(4,5)18-11/h10-11H,6-9,15H2,1-5H3/t10-,11+/m1/s1. The summed E-state index contributed by atoms with van der Waals surface area (Å²) in [5.74, 6) is -0.910. The van der Waals surface area contributed by atoms with Crippen LogP contribution in [0.5, 0.6) is 0 Å². The third-order valence-electron chi connectivity index (χ3n) is 2.73. The van der Waals surface area contributed by atoms with Crippen LogP contribution in [-0.4, -0.2) is 36.1 Å². The minimum atomic E-state index is -0.676. The first-order valence-electron chi connectivity index (χ1n) is 6.89. The van der Waals surface area contributed by atoms with Gasteiger partial charge in [-0.05, 0) is 47.6 Å². The summed E-state index contributed by atoms with van der Waals surface area (Å²) in [4.78, 5) is 11.8. The summed E-state index contributed by atoms with van der Waals surface area (Å²) < 4.78 is 16.9. The van der Waals surface area contributed by atoms with Gasteiger partial charge in [-0.15, -0.1) is 0 Å². The summed E-state index contributed by atoms with van der Waals surface area (Å²) in [6.45, 7) is 9.86. The van der Waals surface area contributed by atoms with E-state index in [0.717, 1.165) is 6.42 Å². The number of hydrogen-bond acceptors (Lipinski definition) is 5. The summed E-state index contributed by atoms with van der Waals surface area (Å²) in [5, 5.41) is 0. The molecule has 112 valence electrons. The molecule has 0 saturated carbocycles. The van der Waals surface area contributed by atoms with Crippen LogP contribution in [-0.2, 0) is 19.0 Å². The molecule has 0 aromatic heterocycles. The van der Waals surface area contributed by atoms with E-state index in [1.54, 1.807) is 0 Å². The molecule has 1 fully saturated rings. The van der Waals surface area contributed by atoms with Crippen molar-refractivity contribution in [3.8, 4) is 0 Å². The third-order valence-corrected chi connectivity index (χ3v) is 2.73. The molecule has 0 aromatic rings. The van der Waals surface area contributed by atoms with Gasteiger partial charge in [0.15, 0.2) is 5.79 Å². The SMILES string of the molecule is CC(C)(C)OC(=O)C[C@@H]1C[C@@H](CCN)OC(C)(C)O1. The van der Waals surface area contributed by atoms with Gasteiger partial charge in [-0.1, -0.05) is 0 Å². The van der Waals surface area contributed by atoms with Gasteiger partial charge in [0, 0.05) is 6.42 Å². The number of hydrogen-bond donors (Lipinski definition) is 1. The average Bonchev–Trinajstić information content (AvgIpc) is 2.10. The molecule has 0 aromatic carbocycles. The van der Waals surface area contributed by atoms with Crippen molar-refractivity contribution < 1.29 is 19.0 Å². The molecule has 0 aliphatic carbocycles. The molecular formula is C14H27NO4. The second kappa shape index (κ2) is 6.20. The normalized spacial score (nSPS) is 27.1. The predicted molar refractivity (Wildman–Crippen MR) is 72.6 cm³/mol. The highest BCUT2D eigenvalue weighted by Gasteiger charge is 2.36. The molecule has 2 atom stereocenters. The lowest BCUT2D eigenvalue weighted by atomic mass is 10.0. The predicted octanol–water partition coefficient (Wildman–Crippen LogP) is 1.98. The van der Waals surface area contributed by atoms with E-state index in [1.807, 2.05) is 34.6 Å². The van der Waals surface area contributed by atoms with Crippen LogP contribution in [0.1, 0.15) is 53.9 Å². The fraction of sp³-hybridized carbons (Fsp3) is 0.929. The lowest BCUT2D eigenvalue weighted by molar-refractivity contribution is -0.300. The highest BCUT2D eigenvalue weighted by molar-refractivity contribution is 5.70. The highest BCUT2D eigenvalue weighted by Crippen LogP contribution is 2.30. The first kappa shape index (κ1) is 16.4. The smallest absolute Gasteiger partial charge is 0.308 e. The Balaban J connectivity index is 2.54. The topological polar surface area (TPSA) is 70.8 Å². The highest BCUT2D eigenvalue weighted by atomic mass is 16.7. The maximum absolute atomic E-state index is 11.8. The van der Waals surface area contributed by atoms with Crippen molar-refractivity contribution >= 4 is 5.97 Å². The summed E-state index contributed by atoms with van der Waals surface area (Å²) in [7, 11) is 0. The number of esters is 1. The van der Waals surface area contributed by atoms with Crippen LogP contribution in [0, 0.1) is 0 Å². The van der Waals surface area contributed by atoms with E-state index >= 15 is 0 Å². The van der Waals surface area contributed by atoms with E-state index in [2.05, 4.69) is 0 Å². The Morgan fingerprint density at radius 1 is 1.32 bits per heavy atom. The summed E-state index contributed by atoms with van der Waals surface area (Å²) in [6.07, 6.45) is 1.58. The van der Waals surface area contributed by atoms with E-state index in [1.165, 1.54) is 0 Å². The van der Waals surface area contributed by atoms with Crippen LogP contribution in [0.4, 0.5) is 0 Å². The van der Waals surface area contributed by atoms with Gasteiger partial charge in [0.1, 0.15) is 5.60 Å². The van der Waals surface area contributed by atoms with Crippen LogP contribution in [0.2, 0.25) is 0 Å². The Kier molecular flexibility index (Phi) is 5.35. The quantitative estimate of drug-likeness (QED) is 0.793. The first-order chi connectivity index (χ1) is 8.61. The fourth-order valence-corrected chi connectivity index (χ4v) is 2.28. The summed E-state index contributed by atoms with van der Waals surface area (Å²) in [5.41, 5.74) is 5.10. The molecule has 2 N–H and O–H groups in total. The Morgan fingerprint density at radius 2 is 1.89 bits per heavy atom. The van der Waals surface area contributed by atoms with Crippen molar-refractivity contribution in [1.82, 2.24) is 0 Å². The van der Waals surface area contributed by atoms with Gasteiger partial charge in [-0.25, -0.2) is 0 Å². The molecule has 0 bridgehead atoms. The average molecular weight is 273 g/mol. The largest absolute Gasteiger partial charge is 0.460 e. The van der Waals surface area contributed by atoms with Crippen molar-refractivity contribution in [1.29, 1.82) is 0 Å². The molecular weight excluding hydrogens is 246 g/mol. The number of nitrogens with two attached hydrogens (primary N) is 1. The Bertz CT molecular complexity index is 309. The minimum Gasteiger partial charge on any atom is -0.460 e. The molecule has 0 radical (unpaired) electrons. The zero-order valence-corrected chi connectivity index (χ0v) is 12.7. The van der Waals surface area contributed by atoms with Crippen molar-refractivity contribution in [3.05, 3.63) is 0 Å². The van der Waals surface area contributed by atoms with Crippen LogP contribution < -0.4 is 5.73 Å². The molecule has 19 heavy (non-hydrogen) atoms. The zero-order chi connectivity index (χ0) is 14.7. The van der Waals surface area contributed by atoms with Gasteiger partial charge in [-0.3, -0.25) is 4.79 Å². The third kappa shape index (κ3) is 6.36. The Hall–Kier alpha value is -0.650. The van der Waals surface area contributed by atoms with Crippen LogP contribution in [0.3, 0.4) is 0 Å². The van der Waals surface area contributed by atoms with E-state index in [0.29, 0.717) is 13.0 Å². The van der Waals surface area contributed by atoms with Crippen LogP contribution in [0.15, 0.2) is 0 Å². The lowest BCUT2D eigenvalue weighted by Crippen LogP contribution is -2.46. The van der Waals surface area contributed by atoms with E-state index in [9.17, 15) is 4.79 Å². The molecule has 0 amide bonds. The zero-order valence-electron chi connectivity index (χ0n) is 12.7. The van der Waals surface area contributed by atoms with Gasteiger partial charge < -0.3 is 19.9 Å². The number of carbonyl (C=O) groups excluding carboxylic acids is 1. The van der Waals surface area contributed by atoms with Gasteiger partial charge >= 0.3 is 5.97 Å². The maximum atomic E-state index is 11.8. The van der Waals surface area contributed by atoms with Crippen molar-refractivity contribution in [2.75, 3.05) is 6.54 Å². The van der Waals surface area contributed by atoms with Gasteiger partial charge in [0.05, 0.1) is 18.6 Å². The summed E-state index contributed by atoms with van der Waals surface area (Å²) in [6, 6.07) is 0. The van der Waals surface area contributed by atoms with Crippen molar-refractivity contribution in [2.24, 2.45) is 5.73 Å². The monoisotopic (exact) mass is 273 g/mol. The lowest BCUT2D eigenvalue weighted by Gasteiger charge is -2.40. The second-order valence-electron chi connectivity index (χ2n) is 6.48. The first-order valence-corrected chi connectivity index (χ1v) is 6.89. The molecule has 1 heterocycles. The van der Waals surface area contributed by atoms with Gasteiger partial charge in [0.25, 0.3) is 0 Å². The maximum Gasteiger partial charge on any atom is 0.308 e. The molecule has 1 aliphatic rings. The molecule has 1 rings (SSSR count). The molecule has 0 spiro atoms. The van der Waals surface area contributed by atoms with Crippen LogP contribution in [0.25, 0.3) is 0 Å². The second-order valence-corrected chi connectivity index (χ2v) is 6.48. The number of ether oxygens (including phenoxy) is 3. The minimum absolute atomic E-state index is 0.0428. The number of rotatable bonds is 4. The van der Waals surface area contributed by atoms with Gasteiger partial charge in [-0.2, -0.15) is 0 Å². The van der Waals surface area contributed by atoms with Gasteiger partial charge in [0.2, 0.25) is 0 Å². The van der Waals surface area contributed by atoms with E-state index < -0.39 is 11.4 Å². The number of carbonyl (C=O) groups is 1. The fourth-order valence-electron chi connectivity index (χ4n) is 2.28. The molecule has 1 saturated heterocycles. The van der Waals surface area contributed by atoms with Crippen molar-refractivity contribution in [3.63, 3.8) is 0 Å². The molecule has 5 nitrogen and oxygen atoms in total. The Labute approximate surface area is 115 Å². The summed E-state index contributed by atoms with van der Waals surface area (Å²) >= 11 is 0. The van der Waals surface area contributed by atoms with E-state index in [4.69, 9.17) is 19.9 Å². The van der Waals surface area contributed by atoms with E-state index in [-0.39, 0.29) is 24.6 Å². The molecule has 0 unspecified atom stereocenters. The van der Waals surface area contributed by atoms with Crippen molar-refractivity contribution in [2.45, 2.75) is 77.5 Å². The molecule has 5 heteroatoms. The molecule has 1 aliphatic heterocycles.